The van der Waals surface area contributed by atoms with Crippen LogP contribution in [0.4, 0.5) is 0 Å². The number of carbonyl (C=O) groups excluding carboxylic acids is 2. The summed E-state index contributed by atoms with van der Waals surface area (Å²) in [4.78, 5) is 26.6. The van der Waals surface area contributed by atoms with E-state index in [1.165, 1.54) is 48.3 Å². The zero-order valence-corrected chi connectivity index (χ0v) is 24.2. The van der Waals surface area contributed by atoms with Gasteiger partial charge in [0.2, 0.25) is 0 Å². The van der Waals surface area contributed by atoms with Crippen molar-refractivity contribution in [3.05, 3.63) is 48.5 Å². The van der Waals surface area contributed by atoms with E-state index in [-0.39, 0.29) is 33.7 Å². The molecule has 0 atom stereocenters. The molecule has 4 nitrogen and oxygen atoms in total. The molecule has 0 aromatic heterocycles. The molecule has 2 rings (SSSR count). The van der Waals surface area contributed by atoms with E-state index < -0.39 is 0 Å². The molecule has 2 aromatic rings. The van der Waals surface area contributed by atoms with Gasteiger partial charge < -0.3 is 9.47 Å². The summed E-state index contributed by atoms with van der Waals surface area (Å²) in [7, 11) is 0.440. The lowest BCUT2D eigenvalue weighted by Crippen LogP contribution is -2.07. The predicted octanol–water partition coefficient (Wildman–Crippen LogP) is 7.35. The Morgan fingerprint density at radius 1 is 0.500 bits per heavy atom. The summed E-state index contributed by atoms with van der Waals surface area (Å²) in [6, 6.07) is 15.7. The van der Waals surface area contributed by atoms with Crippen molar-refractivity contribution >= 4 is 33.7 Å². The second kappa shape index (κ2) is 17.5. The summed E-state index contributed by atoms with van der Waals surface area (Å²) in [5.41, 5.74) is 0. The van der Waals surface area contributed by atoms with E-state index in [9.17, 15) is 9.59 Å². The molecule has 2 aromatic carbocycles. The number of hydrogen-bond donors (Lipinski definition) is 0. The van der Waals surface area contributed by atoms with E-state index in [4.69, 9.17) is 9.47 Å². The highest BCUT2D eigenvalue weighted by atomic mass is 32.2. The minimum atomic E-state index is -0.136. The average molecular weight is 533 g/mol. The maximum Gasteiger partial charge on any atom is 0.311 e. The number of carbonyl (C=O) groups is 2. The molecule has 198 valence electrons. The van der Waals surface area contributed by atoms with Gasteiger partial charge in [0, 0.05) is 34.6 Å². The van der Waals surface area contributed by atoms with Gasteiger partial charge in [-0.25, -0.2) is 0 Å². The Bertz CT molecular complexity index is 817. The molecule has 0 aliphatic rings. The van der Waals surface area contributed by atoms with Crippen molar-refractivity contribution in [3.63, 3.8) is 0 Å². The zero-order valence-electron chi connectivity index (χ0n) is 22.6. The number of unbranched alkanes of at least 4 members (excludes halogenated alkanes) is 9. The van der Waals surface area contributed by atoms with Crippen LogP contribution >= 0.6 is 0 Å². The van der Waals surface area contributed by atoms with Crippen molar-refractivity contribution < 1.29 is 19.1 Å². The first-order chi connectivity index (χ1) is 17.3. The van der Waals surface area contributed by atoms with Gasteiger partial charge in [-0.05, 0) is 61.4 Å². The summed E-state index contributed by atoms with van der Waals surface area (Å²) >= 11 is 0. The van der Waals surface area contributed by atoms with Crippen LogP contribution in [-0.2, 0) is 31.4 Å². The number of esters is 2. The van der Waals surface area contributed by atoms with Gasteiger partial charge >= 0.3 is 11.9 Å². The van der Waals surface area contributed by atoms with Crippen molar-refractivity contribution in [2.45, 2.75) is 86.8 Å². The van der Waals surface area contributed by atoms with Gasteiger partial charge in [0.05, 0.1) is 0 Å². The molecular weight excluding hydrogens is 488 g/mol. The van der Waals surface area contributed by atoms with Crippen molar-refractivity contribution in [3.8, 4) is 11.5 Å². The maximum absolute atomic E-state index is 12.0. The number of rotatable bonds is 17. The van der Waals surface area contributed by atoms with Gasteiger partial charge in [0.15, 0.2) is 9.79 Å². The van der Waals surface area contributed by atoms with Crippen molar-refractivity contribution in [2.24, 2.45) is 0 Å². The van der Waals surface area contributed by atoms with Gasteiger partial charge in [-0.15, -0.1) is 0 Å². The normalized spacial score (nSPS) is 11.2. The Morgan fingerprint density at radius 2 is 0.778 bits per heavy atom. The third-order valence-electron chi connectivity index (χ3n) is 6.07. The average Bonchev–Trinajstić information content (AvgIpc) is 2.85. The summed E-state index contributed by atoms with van der Waals surface area (Å²) < 4.78 is 10.9. The first kappa shape index (κ1) is 30.3. The summed E-state index contributed by atoms with van der Waals surface area (Å²) in [5.74, 6) is 1.01. The van der Waals surface area contributed by atoms with Crippen LogP contribution in [0.15, 0.2) is 58.3 Å². The first-order valence-corrected chi connectivity index (χ1v) is 17.2. The molecule has 0 radical (unpaired) electrons. The van der Waals surface area contributed by atoms with E-state index in [0.717, 1.165) is 25.7 Å². The van der Waals surface area contributed by atoms with Crippen LogP contribution < -0.4 is 9.47 Å². The molecule has 0 heterocycles. The summed E-state index contributed by atoms with van der Waals surface area (Å²) in [6.07, 6.45) is 20.9. The van der Waals surface area contributed by atoms with Crippen molar-refractivity contribution in [2.75, 3.05) is 25.0 Å². The first-order valence-electron chi connectivity index (χ1n) is 13.1. The fourth-order valence-corrected chi connectivity index (χ4v) is 5.24. The zero-order chi connectivity index (χ0) is 26.2. The van der Waals surface area contributed by atoms with Crippen molar-refractivity contribution in [1.29, 1.82) is 0 Å². The topological polar surface area (TPSA) is 52.6 Å². The predicted molar refractivity (Wildman–Crippen MR) is 155 cm³/mol. The van der Waals surface area contributed by atoms with Gasteiger partial charge in [0.1, 0.15) is 36.5 Å². The molecule has 0 saturated heterocycles. The molecule has 0 unspecified atom stereocenters. The van der Waals surface area contributed by atoms with Gasteiger partial charge in [0.25, 0.3) is 0 Å². The van der Waals surface area contributed by atoms with Crippen LogP contribution in [0.5, 0.6) is 11.5 Å². The molecule has 0 amide bonds. The lowest BCUT2D eigenvalue weighted by Gasteiger charge is -2.06. The Hall–Kier alpha value is -1.92. The van der Waals surface area contributed by atoms with Crippen LogP contribution in [0.2, 0.25) is 0 Å². The lowest BCUT2D eigenvalue weighted by atomic mass is 10.1. The quantitative estimate of drug-likeness (QED) is 0.0925. The highest BCUT2D eigenvalue weighted by Crippen LogP contribution is 2.19. The molecule has 0 spiro atoms. The third-order valence-corrected chi connectivity index (χ3v) is 8.50. The molecule has 0 saturated carbocycles. The highest BCUT2D eigenvalue weighted by Gasteiger charge is 2.11. The Balaban J connectivity index is 1.39. The fraction of sp³-hybridized carbons (Fsp3) is 0.533. The Labute approximate surface area is 224 Å². The van der Waals surface area contributed by atoms with E-state index in [2.05, 4.69) is 25.0 Å². The smallest absolute Gasteiger partial charge is 0.311 e. The fourth-order valence-electron chi connectivity index (χ4n) is 3.88. The number of hydrogen-bond acceptors (Lipinski definition) is 4. The molecule has 0 N–H and O–H groups in total. The van der Waals surface area contributed by atoms with Crippen LogP contribution in [0.25, 0.3) is 0 Å². The second-order valence-electron chi connectivity index (χ2n) is 9.56. The van der Waals surface area contributed by atoms with Crippen molar-refractivity contribution in [1.82, 2.24) is 0 Å². The lowest BCUT2D eigenvalue weighted by molar-refractivity contribution is -0.135. The molecule has 0 fully saturated rings. The highest BCUT2D eigenvalue weighted by molar-refractivity contribution is 7.95. The van der Waals surface area contributed by atoms with Crippen LogP contribution in [0.3, 0.4) is 0 Å². The Morgan fingerprint density at radius 3 is 1.06 bits per heavy atom. The monoisotopic (exact) mass is 532 g/mol. The standard InChI is InChI=1S/C30H44O4S2/c1-35(2)27-21-17-25(18-22-27)33-29(31)15-13-11-9-7-5-6-8-10-12-14-16-30(32)34-26-19-23-28(24-20-26)36(3)4/h17-24H,5-16H2,1-4H3/q+2. The van der Waals surface area contributed by atoms with E-state index in [0.29, 0.717) is 24.3 Å². The van der Waals surface area contributed by atoms with Gasteiger partial charge in [-0.2, -0.15) is 0 Å². The van der Waals surface area contributed by atoms with Crippen LogP contribution in [0.1, 0.15) is 77.0 Å². The molecule has 0 aliphatic carbocycles. The SMILES string of the molecule is C[S+](C)c1ccc(OC(=O)CCCCCCCCCCCCC(=O)Oc2ccc([S+](C)C)cc2)cc1. The molecule has 6 heteroatoms. The number of ether oxygens (including phenoxy) is 2. The van der Waals surface area contributed by atoms with Gasteiger partial charge in [-0.3, -0.25) is 9.59 Å². The molecule has 36 heavy (non-hydrogen) atoms. The second-order valence-corrected chi connectivity index (χ2v) is 13.8. The van der Waals surface area contributed by atoms with Crippen LogP contribution in [0, 0.1) is 0 Å². The minimum absolute atomic E-state index is 0.136. The van der Waals surface area contributed by atoms with E-state index >= 15 is 0 Å². The molecule has 0 bridgehead atoms. The molecular formula is C30H44O4S2+2. The third kappa shape index (κ3) is 12.9. The van der Waals surface area contributed by atoms with E-state index in [1.807, 2.05) is 48.5 Å². The molecule has 0 aliphatic heterocycles. The number of benzene rings is 2. The summed E-state index contributed by atoms with van der Waals surface area (Å²) in [5, 5.41) is 0. The minimum Gasteiger partial charge on any atom is -0.427 e. The van der Waals surface area contributed by atoms with Crippen LogP contribution in [-0.4, -0.2) is 37.0 Å². The summed E-state index contributed by atoms with van der Waals surface area (Å²) in [6.45, 7) is 0. The van der Waals surface area contributed by atoms with E-state index in [1.54, 1.807) is 0 Å². The van der Waals surface area contributed by atoms with Gasteiger partial charge in [-0.1, -0.05) is 51.4 Å². The maximum atomic E-state index is 12.0. The largest absolute Gasteiger partial charge is 0.427 e. The Kier molecular flexibility index (Phi) is 14.7.